The normalized spacial score (nSPS) is 24.2. The van der Waals surface area contributed by atoms with Crippen molar-refractivity contribution in [2.75, 3.05) is 40.0 Å². The van der Waals surface area contributed by atoms with Gasteiger partial charge < -0.3 is 19.7 Å². The van der Waals surface area contributed by atoms with Crippen LogP contribution in [0.2, 0.25) is 0 Å². The fourth-order valence-electron chi connectivity index (χ4n) is 1.81. The number of nitrogens with zero attached hydrogens (tertiary/aromatic N) is 1. The molecule has 2 atom stereocenters. The van der Waals surface area contributed by atoms with Crippen molar-refractivity contribution in [3.63, 3.8) is 0 Å². The lowest BCUT2D eigenvalue weighted by Gasteiger charge is -2.33. The molecule has 0 saturated carbocycles. The van der Waals surface area contributed by atoms with Crippen molar-refractivity contribution >= 4 is 5.97 Å². The lowest BCUT2D eigenvalue weighted by molar-refractivity contribution is -0.142. The fraction of sp³-hybridized carbons (Fsp3) is 0.900. The molecule has 0 aliphatic carbocycles. The summed E-state index contributed by atoms with van der Waals surface area (Å²) >= 11 is 0. The highest BCUT2D eigenvalue weighted by molar-refractivity contribution is 5.67. The predicted molar refractivity (Wildman–Crippen MR) is 56.3 cm³/mol. The smallest absolute Gasteiger partial charge is 0.306 e. The van der Waals surface area contributed by atoms with Gasteiger partial charge in [0.2, 0.25) is 0 Å². The average Bonchev–Trinajstić information content (AvgIpc) is 2.17. The number of carboxylic acids is 1. The molecule has 0 bridgehead atoms. The number of ether oxygens (including phenoxy) is 2. The number of rotatable bonds is 6. The zero-order valence-electron chi connectivity index (χ0n) is 9.46. The molecule has 0 aromatic heterocycles. The Kier molecular flexibility index (Phi) is 5.68. The van der Waals surface area contributed by atoms with Gasteiger partial charge in [-0.15, -0.1) is 0 Å². The minimum Gasteiger partial charge on any atom is -0.481 e. The van der Waals surface area contributed by atoms with E-state index in [2.05, 4.69) is 0 Å². The Labute approximate surface area is 94.8 Å². The first-order valence-electron chi connectivity index (χ1n) is 5.34. The zero-order chi connectivity index (χ0) is 12.0. The van der Waals surface area contributed by atoms with E-state index in [0.717, 1.165) is 6.54 Å². The van der Waals surface area contributed by atoms with Crippen LogP contribution in [-0.4, -0.2) is 73.2 Å². The van der Waals surface area contributed by atoms with Crippen LogP contribution in [0, 0.1) is 0 Å². The van der Waals surface area contributed by atoms with Crippen molar-refractivity contribution in [3.8, 4) is 0 Å². The van der Waals surface area contributed by atoms with Crippen LogP contribution in [0.4, 0.5) is 0 Å². The molecule has 6 nitrogen and oxygen atoms in total. The van der Waals surface area contributed by atoms with E-state index in [-0.39, 0.29) is 12.5 Å². The highest BCUT2D eigenvalue weighted by Gasteiger charge is 2.23. The van der Waals surface area contributed by atoms with Gasteiger partial charge in [0.1, 0.15) is 0 Å². The molecule has 2 unspecified atom stereocenters. The summed E-state index contributed by atoms with van der Waals surface area (Å²) in [5.74, 6) is -0.857. The van der Waals surface area contributed by atoms with Gasteiger partial charge in [0.05, 0.1) is 31.8 Å². The Balaban J connectivity index is 2.29. The first kappa shape index (κ1) is 13.4. The van der Waals surface area contributed by atoms with Gasteiger partial charge in [-0.3, -0.25) is 9.69 Å². The molecule has 0 aromatic rings. The van der Waals surface area contributed by atoms with Gasteiger partial charge in [-0.1, -0.05) is 0 Å². The number of β-amino-alcohol motifs (C(OH)–C–C–N with tert-alkyl or cyclic N) is 1. The number of carboxylic acid groups (broad SMARTS) is 1. The van der Waals surface area contributed by atoms with Gasteiger partial charge in [-0.05, 0) is 0 Å². The molecule has 1 heterocycles. The second-order valence-electron chi connectivity index (χ2n) is 3.96. The lowest BCUT2D eigenvalue weighted by Crippen LogP contribution is -2.46. The van der Waals surface area contributed by atoms with Crippen LogP contribution >= 0.6 is 0 Å². The van der Waals surface area contributed by atoms with Crippen LogP contribution in [0.25, 0.3) is 0 Å². The summed E-state index contributed by atoms with van der Waals surface area (Å²) in [6.45, 7) is 2.57. The minimum absolute atomic E-state index is 0.0108. The molecule has 0 amide bonds. The molecular formula is C10H19NO5. The number of aliphatic hydroxyl groups excluding tert-OH is 1. The molecule has 1 aliphatic heterocycles. The lowest BCUT2D eigenvalue weighted by atomic mass is 10.2. The Morgan fingerprint density at radius 1 is 1.69 bits per heavy atom. The van der Waals surface area contributed by atoms with Crippen LogP contribution in [0.5, 0.6) is 0 Å². The first-order valence-corrected chi connectivity index (χ1v) is 5.34. The van der Waals surface area contributed by atoms with E-state index in [0.29, 0.717) is 26.3 Å². The Hall–Kier alpha value is -0.690. The van der Waals surface area contributed by atoms with E-state index in [1.165, 1.54) is 7.11 Å². The summed E-state index contributed by atoms with van der Waals surface area (Å²) in [6.07, 6.45) is -0.800. The number of morpholine rings is 1. The van der Waals surface area contributed by atoms with E-state index in [1.54, 1.807) is 0 Å². The highest BCUT2D eigenvalue weighted by Crippen LogP contribution is 2.09. The predicted octanol–water partition coefficient (Wildman–Crippen LogP) is -0.831. The molecule has 94 valence electrons. The molecule has 1 aliphatic rings. The van der Waals surface area contributed by atoms with Crippen molar-refractivity contribution < 1.29 is 24.5 Å². The maximum absolute atomic E-state index is 10.5. The third kappa shape index (κ3) is 4.89. The van der Waals surface area contributed by atoms with E-state index < -0.39 is 12.1 Å². The van der Waals surface area contributed by atoms with Crippen LogP contribution in [0.1, 0.15) is 6.42 Å². The van der Waals surface area contributed by atoms with Gasteiger partial charge in [0, 0.05) is 26.7 Å². The first-order chi connectivity index (χ1) is 7.61. The largest absolute Gasteiger partial charge is 0.481 e. The molecular weight excluding hydrogens is 214 g/mol. The summed E-state index contributed by atoms with van der Waals surface area (Å²) < 4.78 is 10.2. The van der Waals surface area contributed by atoms with E-state index in [4.69, 9.17) is 14.6 Å². The van der Waals surface area contributed by atoms with E-state index in [9.17, 15) is 9.90 Å². The molecule has 6 heteroatoms. The minimum atomic E-state index is -0.857. The van der Waals surface area contributed by atoms with Crippen LogP contribution in [-0.2, 0) is 14.3 Å². The standard InChI is InChI=1S/C10H19NO5/c1-15-7-8(12)5-11-2-3-16-9(6-11)4-10(13)14/h8-9,12H,2-7H2,1H3,(H,13,14). The number of hydrogen-bond donors (Lipinski definition) is 2. The topological polar surface area (TPSA) is 79.2 Å². The molecule has 16 heavy (non-hydrogen) atoms. The fourth-order valence-corrected chi connectivity index (χ4v) is 1.81. The van der Waals surface area contributed by atoms with Crippen LogP contribution < -0.4 is 0 Å². The maximum Gasteiger partial charge on any atom is 0.306 e. The Bertz CT molecular complexity index is 223. The number of aliphatic hydroxyl groups is 1. The van der Waals surface area contributed by atoms with Gasteiger partial charge >= 0.3 is 5.97 Å². The number of hydrogen-bond acceptors (Lipinski definition) is 5. The van der Waals surface area contributed by atoms with Crippen LogP contribution in [0.15, 0.2) is 0 Å². The van der Waals surface area contributed by atoms with Crippen molar-refractivity contribution in [2.24, 2.45) is 0 Å². The monoisotopic (exact) mass is 233 g/mol. The number of carbonyl (C=O) groups is 1. The second kappa shape index (κ2) is 6.80. The van der Waals surface area contributed by atoms with Crippen molar-refractivity contribution in [2.45, 2.75) is 18.6 Å². The summed E-state index contributed by atoms with van der Waals surface area (Å²) in [4.78, 5) is 12.5. The molecule has 1 rings (SSSR count). The van der Waals surface area contributed by atoms with Crippen molar-refractivity contribution in [3.05, 3.63) is 0 Å². The second-order valence-corrected chi connectivity index (χ2v) is 3.96. The van der Waals surface area contributed by atoms with E-state index in [1.807, 2.05) is 4.90 Å². The quantitative estimate of drug-likeness (QED) is 0.623. The average molecular weight is 233 g/mol. The zero-order valence-corrected chi connectivity index (χ0v) is 9.46. The van der Waals surface area contributed by atoms with Crippen molar-refractivity contribution in [1.82, 2.24) is 4.90 Å². The van der Waals surface area contributed by atoms with Gasteiger partial charge in [-0.2, -0.15) is 0 Å². The summed E-state index contributed by atoms with van der Waals surface area (Å²) in [5, 5.41) is 18.2. The third-order valence-electron chi connectivity index (χ3n) is 2.45. The van der Waals surface area contributed by atoms with E-state index >= 15 is 0 Å². The SMILES string of the molecule is COCC(O)CN1CCOC(CC(=O)O)C1. The van der Waals surface area contributed by atoms with Gasteiger partial charge in [0.15, 0.2) is 0 Å². The molecule has 0 spiro atoms. The Morgan fingerprint density at radius 3 is 3.06 bits per heavy atom. The van der Waals surface area contributed by atoms with Gasteiger partial charge in [-0.25, -0.2) is 0 Å². The summed E-state index contributed by atoms with van der Waals surface area (Å²) in [6, 6.07) is 0. The molecule has 1 fully saturated rings. The molecule has 0 aromatic carbocycles. The molecule has 0 radical (unpaired) electrons. The maximum atomic E-state index is 10.5. The van der Waals surface area contributed by atoms with Gasteiger partial charge in [0.25, 0.3) is 0 Å². The number of methoxy groups -OCH3 is 1. The highest BCUT2D eigenvalue weighted by atomic mass is 16.5. The third-order valence-corrected chi connectivity index (χ3v) is 2.45. The van der Waals surface area contributed by atoms with Crippen molar-refractivity contribution in [1.29, 1.82) is 0 Å². The summed E-state index contributed by atoms with van der Waals surface area (Å²) in [5.41, 5.74) is 0. The number of aliphatic carboxylic acids is 1. The molecule has 2 N–H and O–H groups in total. The summed E-state index contributed by atoms with van der Waals surface area (Å²) in [7, 11) is 1.54. The Morgan fingerprint density at radius 2 is 2.44 bits per heavy atom. The molecule has 1 saturated heterocycles. The van der Waals surface area contributed by atoms with Crippen LogP contribution in [0.3, 0.4) is 0 Å².